The molecule has 0 atom stereocenters. The molecule has 0 aliphatic rings. The summed E-state index contributed by atoms with van der Waals surface area (Å²) in [6.45, 7) is 3.51. The third kappa shape index (κ3) is 3.08. The zero-order valence-electron chi connectivity index (χ0n) is 7.97. The third-order valence-electron chi connectivity index (χ3n) is 1.94. The first kappa shape index (κ1) is 11.8. The maximum atomic E-state index is 12.2. The molecular formula is C11H10F3O. The molecule has 0 saturated heterocycles. The second-order valence-electron chi connectivity index (χ2n) is 3.10. The first-order valence-corrected chi connectivity index (χ1v) is 4.45. The van der Waals surface area contributed by atoms with Crippen LogP contribution >= 0.6 is 0 Å². The molecule has 1 aromatic carbocycles. The van der Waals surface area contributed by atoms with Crippen LogP contribution in [0.25, 0.3) is 0 Å². The number of ketones is 1. The SMILES string of the molecule is [CH2]CCC(=O)c1ccc(C(F)(F)F)cc1. The van der Waals surface area contributed by atoms with Crippen LogP contribution in [0.3, 0.4) is 0 Å². The van der Waals surface area contributed by atoms with E-state index in [9.17, 15) is 18.0 Å². The van der Waals surface area contributed by atoms with Gasteiger partial charge in [-0.25, -0.2) is 0 Å². The van der Waals surface area contributed by atoms with Crippen molar-refractivity contribution in [2.45, 2.75) is 19.0 Å². The number of carbonyl (C=O) groups is 1. The van der Waals surface area contributed by atoms with Crippen LogP contribution in [0.4, 0.5) is 13.2 Å². The Labute approximate surface area is 85.9 Å². The molecule has 1 nitrogen and oxygen atoms in total. The van der Waals surface area contributed by atoms with Gasteiger partial charge < -0.3 is 0 Å². The van der Waals surface area contributed by atoms with Crippen molar-refractivity contribution in [1.29, 1.82) is 0 Å². The number of alkyl halides is 3. The quantitative estimate of drug-likeness (QED) is 0.705. The fourth-order valence-corrected chi connectivity index (χ4v) is 1.15. The standard InChI is InChI=1S/C11H10F3O/c1-2-3-10(15)8-4-6-9(7-5-8)11(12,13)14/h4-7H,1-3H2. The molecule has 0 aromatic heterocycles. The molecule has 0 bridgehead atoms. The zero-order valence-corrected chi connectivity index (χ0v) is 7.97. The van der Waals surface area contributed by atoms with Crippen molar-refractivity contribution in [3.8, 4) is 0 Å². The molecular weight excluding hydrogens is 205 g/mol. The Bertz CT molecular complexity index is 338. The maximum absolute atomic E-state index is 12.2. The van der Waals surface area contributed by atoms with Crippen LogP contribution in [0.1, 0.15) is 28.8 Å². The summed E-state index contributed by atoms with van der Waals surface area (Å²) in [6, 6.07) is 4.22. The largest absolute Gasteiger partial charge is 0.416 e. The highest BCUT2D eigenvalue weighted by molar-refractivity contribution is 5.96. The molecule has 0 amide bonds. The fourth-order valence-electron chi connectivity index (χ4n) is 1.15. The van der Waals surface area contributed by atoms with E-state index in [1.165, 1.54) is 12.1 Å². The van der Waals surface area contributed by atoms with Crippen molar-refractivity contribution < 1.29 is 18.0 Å². The molecule has 0 fully saturated rings. The summed E-state index contributed by atoms with van der Waals surface area (Å²) in [5.41, 5.74) is -0.444. The van der Waals surface area contributed by atoms with Crippen LogP contribution in [0.5, 0.6) is 0 Å². The zero-order chi connectivity index (χ0) is 11.5. The van der Waals surface area contributed by atoms with Gasteiger partial charge in [-0.1, -0.05) is 19.1 Å². The van der Waals surface area contributed by atoms with Gasteiger partial charge in [0.25, 0.3) is 0 Å². The van der Waals surface area contributed by atoms with Crippen LogP contribution < -0.4 is 0 Å². The minimum absolute atomic E-state index is 0.182. The number of halogens is 3. The van der Waals surface area contributed by atoms with Crippen molar-refractivity contribution in [3.05, 3.63) is 42.3 Å². The number of benzene rings is 1. The smallest absolute Gasteiger partial charge is 0.294 e. The van der Waals surface area contributed by atoms with Crippen molar-refractivity contribution in [1.82, 2.24) is 0 Å². The van der Waals surface area contributed by atoms with Crippen LogP contribution in [-0.2, 0) is 6.18 Å². The van der Waals surface area contributed by atoms with Crippen molar-refractivity contribution >= 4 is 5.78 Å². The van der Waals surface area contributed by atoms with E-state index in [1.54, 1.807) is 0 Å². The van der Waals surface area contributed by atoms with Crippen LogP contribution in [0, 0.1) is 6.92 Å². The highest BCUT2D eigenvalue weighted by Crippen LogP contribution is 2.29. The highest BCUT2D eigenvalue weighted by atomic mass is 19.4. The summed E-state index contributed by atoms with van der Waals surface area (Å²) in [5, 5.41) is 0. The predicted molar refractivity (Wildman–Crippen MR) is 50.4 cm³/mol. The summed E-state index contributed by atoms with van der Waals surface area (Å²) >= 11 is 0. The monoisotopic (exact) mass is 215 g/mol. The Morgan fingerprint density at radius 2 is 1.73 bits per heavy atom. The van der Waals surface area contributed by atoms with E-state index >= 15 is 0 Å². The molecule has 0 N–H and O–H groups in total. The molecule has 0 heterocycles. The lowest BCUT2D eigenvalue weighted by molar-refractivity contribution is -0.137. The van der Waals surface area contributed by atoms with Crippen LogP contribution in [0.15, 0.2) is 24.3 Å². The van der Waals surface area contributed by atoms with Gasteiger partial charge in [-0.2, -0.15) is 13.2 Å². The number of rotatable bonds is 3. The summed E-state index contributed by atoms with van der Waals surface area (Å²) in [7, 11) is 0. The Morgan fingerprint density at radius 3 is 2.13 bits per heavy atom. The van der Waals surface area contributed by atoms with Gasteiger partial charge in [-0.3, -0.25) is 4.79 Å². The molecule has 15 heavy (non-hydrogen) atoms. The summed E-state index contributed by atoms with van der Waals surface area (Å²) in [5.74, 6) is -0.182. The number of Topliss-reactive ketones (excluding diaryl/α,β-unsaturated/α-hetero) is 1. The number of hydrogen-bond donors (Lipinski definition) is 0. The Hall–Kier alpha value is -1.32. The predicted octanol–water partition coefficient (Wildman–Crippen LogP) is 3.50. The van der Waals surface area contributed by atoms with Crippen molar-refractivity contribution in [2.24, 2.45) is 0 Å². The first-order chi connectivity index (χ1) is 6.95. The average Bonchev–Trinajstić information content (AvgIpc) is 2.17. The average molecular weight is 215 g/mol. The summed E-state index contributed by atoms with van der Waals surface area (Å²) in [4.78, 5) is 11.3. The molecule has 1 rings (SSSR count). The van der Waals surface area contributed by atoms with Gasteiger partial charge >= 0.3 is 6.18 Å². The van der Waals surface area contributed by atoms with E-state index in [4.69, 9.17) is 0 Å². The Kier molecular flexibility index (Phi) is 3.50. The molecule has 0 aliphatic heterocycles. The van der Waals surface area contributed by atoms with Gasteiger partial charge in [0.05, 0.1) is 5.56 Å². The van der Waals surface area contributed by atoms with E-state index in [2.05, 4.69) is 6.92 Å². The second-order valence-corrected chi connectivity index (χ2v) is 3.10. The lowest BCUT2D eigenvalue weighted by Gasteiger charge is -2.06. The van der Waals surface area contributed by atoms with Gasteiger partial charge in [0, 0.05) is 12.0 Å². The fraction of sp³-hybridized carbons (Fsp3) is 0.273. The van der Waals surface area contributed by atoms with E-state index in [-0.39, 0.29) is 12.2 Å². The number of carbonyl (C=O) groups excluding carboxylic acids is 1. The van der Waals surface area contributed by atoms with E-state index in [0.717, 1.165) is 12.1 Å². The van der Waals surface area contributed by atoms with Gasteiger partial charge in [-0.05, 0) is 18.6 Å². The molecule has 0 spiro atoms. The normalized spacial score (nSPS) is 11.5. The first-order valence-electron chi connectivity index (χ1n) is 4.45. The van der Waals surface area contributed by atoms with Crippen LogP contribution in [-0.4, -0.2) is 5.78 Å². The molecule has 1 radical (unpaired) electrons. The molecule has 0 aliphatic carbocycles. The Balaban J connectivity index is 2.86. The Morgan fingerprint density at radius 1 is 1.20 bits per heavy atom. The molecule has 81 valence electrons. The third-order valence-corrected chi connectivity index (χ3v) is 1.94. The molecule has 1 aromatic rings. The summed E-state index contributed by atoms with van der Waals surface area (Å²) < 4.78 is 36.5. The molecule has 4 heteroatoms. The van der Waals surface area contributed by atoms with Gasteiger partial charge in [0.2, 0.25) is 0 Å². The topological polar surface area (TPSA) is 17.1 Å². The van der Waals surface area contributed by atoms with Gasteiger partial charge in [0.1, 0.15) is 0 Å². The minimum Gasteiger partial charge on any atom is -0.294 e. The van der Waals surface area contributed by atoms with E-state index < -0.39 is 11.7 Å². The summed E-state index contributed by atoms with van der Waals surface area (Å²) in [6.07, 6.45) is -3.65. The highest BCUT2D eigenvalue weighted by Gasteiger charge is 2.30. The van der Waals surface area contributed by atoms with Crippen molar-refractivity contribution in [2.75, 3.05) is 0 Å². The van der Waals surface area contributed by atoms with Crippen molar-refractivity contribution in [3.63, 3.8) is 0 Å². The lowest BCUT2D eigenvalue weighted by Crippen LogP contribution is -2.05. The molecule has 0 saturated carbocycles. The van der Waals surface area contributed by atoms with E-state index in [1.807, 2.05) is 0 Å². The van der Waals surface area contributed by atoms with Gasteiger partial charge in [-0.15, -0.1) is 0 Å². The maximum Gasteiger partial charge on any atom is 0.416 e. The second kappa shape index (κ2) is 4.47. The lowest BCUT2D eigenvalue weighted by atomic mass is 10.1. The van der Waals surface area contributed by atoms with E-state index in [0.29, 0.717) is 12.0 Å². The minimum atomic E-state index is -4.35. The number of hydrogen-bond acceptors (Lipinski definition) is 1. The van der Waals surface area contributed by atoms with Gasteiger partial charge in [0.15, 0.2) is 5.78 Å². The van der Waals surface area contributed by atoms with Crippen LogP contribution in [0.2, 0.25) is 0 Å². The molecule has 0 unspecified atom stereocenters.